The number of H-pyrrole nitrogens is 1. The molecule has 4 aliphatic rings. The number of rotatable bonds is 2. The number of nitrogens with one attached hydrogen (secondary N) is 1. The lowest BCUT2D eigenvalue weighted by atomic mass is 9.57. The molecule has 0 amide bonds. The van der Waals surface area contributed by atoms with E-state index in [-0.39, 0.29) is 11.5 Å². The number of benzene rings is 1. The first-order valence-electron chi connectivity index (χ1n) is 8.43. The van der Waals surface area contributed by atoms with Crippen LogP contribution >= 0.6 is 0 Å². The van der Waals surface area contributed by atoms with Crippen LogP contribution in [0.3, 0.4) is 0 Å². The average molecular weight is 282 g/mol. The van der Waals surface area contributed by atoms with Gasteiger partial charge in [-0.1, -0.05) is 0 Å². The Balaban J connectivity index is 1.67. The summed E-state index contributed by atoms with van der Waals surface area (Å²) in [6.45, 7) is 0. The molecular formula is C18H22N2O. The van der Waals surface area contributed by atoms with Crippen LogP contribution in [-0.2, 0) is 12.8 Å². The molecular weight excluding hydrogens is 260 g/mol. The maximum absolute atomic E-state index is 11.3. The van der Waals surface area contributed by atoms with Gasteiger partial charge in [0.1, 0.15) is 0 Å². The predicted octanol–water partition coefficient (Wildman–Crippen LogP) is 3.67. The molecule has 1 unspecified atom stereocenters. The fraction of sp³-hybridized carbons (Fsp3) is 0.611. The van der Waals surface area contributed by atoms with E-state index in [9.17, 15) is 5.11 Å². The van der Waals surface area contributed by atoms with Gasteiger partial charge in [0.05, 0.1) is 17.8 Å². The van der Waals surface area contributed by atoms with Crippen LogP contribution in [-0.4, -0.2) is 15.3 Å². The van der Waals surface area contributed by atoms with Crippen molar-refractivity contribution in [3.8, 4) is 0 Å². The Morgan fingerprint density at radius 3 is 2.62 bits per heavy atom. The van der Waals surface area contributed by atoms with E-state index >= 15 is 0 Å². The van der Waals surface area contributed by atoms with E-state index in [1.54, 1.807) is 0 Å². The van der Waals surface area contributed by atoms with Crippen LogP contribution in [0.2, 0.25) is 0 Å². The molecule has 3 fully saturated rings. The molecule has 0 spiro atoms. The highest BCUT2D eigenvalue weighted by molar-refractivity contribution is 5.85. The van der Waals surface area contributed by atoms with Crippen LogP contribution in [0.25, 0.3) is 10.9 Å². The van der Waals surface area contributed by atoms with Crippen molar-refractivity contribution < 1.29 is 5.11 Å². The number of aliphatic hydroxyl groups is 1. The Bertz CT molecular complexity index is 696. The maximum atomic E-state index is 11.3. The number of aryl methyl sites for hydroxylation is 1. The Hall–Kier alpha value is -1.35. The van der Waals surface area contributed by atoms with Crippen molar-refractivity contribution in [2.75, 3.05) is 0 Å². The molecule has 6 rings (SSSR count). The molecule has 0 saturated heterocycles. The molecule has 1 aromatic heterocycles. The Kier molecular flexibility index (Phi) is 2.38. The molecule has 1 aromatic carbocycles. The van der Waals surface area contributed by atoms with Gasteiger partial charge in [0.2, 0.25) is 0 Å². The monoisotopic (exact) mass is 282 g/mol. The SMILES string of the molecule is OC(c1c2c(cc3cn[nH]c13)CC2)C12CCC(CC1)CC2. The summed E-state index contributed by atoms with van der Waals surface area (Å²) in [5.41, 5.74) is 5.24. The van der Waals surface area contributed by atoms with Crippen LogP contribution in [0.4, 0.5) is 0 Å². The van der Waals surface area contributed by atoms with Crippen LogP contribution < -0.4 is 0 Å². The van der Waals surface area contributed by atoms with Gasteiger partial charge in [-0.2, -0.15) is 5.10 Å². The van der Waals surface area contributed by atoms with E-state index < -0.39 is 0 Å². The van der Waals surface area contributed by atoms with Crippen LogP contribution in [0.15, 0.2) is 12.3 Å². The number of hydrogen-bond acceptors (Lipinski definition) is 2. The summed E-state index contributed by atoms with van der Waals surface area (Å²) in [7, 11) is 0. The fourth-order valence-electron chi connectivity index (χ4n) is 5.12. The minimum absolute atomic E-state index is 0.136. The van der Waals surface area contributed by atoms with Gasteiger partial charge < -0.3 is 5.11 Å². The van der Waals surface area contributed by atoms with Gasteiger partial charge in [0.25, 0.3) is 0 Å². The standard InChI is InChI=1S/C18H22N2O/c21-17(18-6-3-11(4-7-18)5-8-18)15-14-2-1-12(14)9-13-10-19-20-16(13)15/h9-11,17,21H,1-8H2,(H,19,20). The van der Waals surface area contributed by atoms with E-state index in [2.05, 4.69) is 16.3 Å². The van der Waals surface area contributed by atoms with Crippen molar-refractivity contribution in [1.82, 2.24) is 10.2 Å². The van der Waals surface area contributed by atoms with Crippen molar-refractivity contribution in [2.24, 2.45) is 11.3 Å². The number of aliphatic hydroxyl groups excluding tert-OH is 1. The number of aromatic nitrogens is 2. The first kappa shape index (κ1) is 12.2. The molecule has 4 aliphatic carbocycles. The lowest BCUT2D eigenvalue weighted by molar-refractivity contribution is -0.0556. The highest BCUT2D eigenvalue weighted by Crippen LogP contribution is 2.57. The second-order valence-electron chi connectivity index (χ2n) is 7.51. The zero-order valence-electron chi connectivity index (χ0n) is 12.4. The van der Waals surface area contributed by atoms with Gasteiger partial charge in [-0.25, -0.2) is 0 Å². The van der Waals surface area contributed by atoms with Crippen LogP contribution in [0.1, 0.15) is 61.3 Å². The zero-order chi connectivity index (χ0) is 14.0. The number of fused-ring (bicyclic) bond motifs is 5. The molecule has 110 valence electrons. The molecule has 3 nitrogen and oxygen atoms in total. The maximum Gasteiger partial charge on any atom is 0.0869 e. The minimum Gasteiger partial charge on any atom is -0.388 e. The highest BCUT2D eigenvalue weighted by Gasteiger charge is 2.47. The predicted molar refractivity (Wildman–Crippen MR) is 82.1 cm³/mol. The average Bonchev–Trinajstić information content (AvgIpc) is 2.98. The molecule has 2 aromatic rings. The summed E-state index contributed by atoms with van der Waals surface area (Å²) in [4.78, 5) is 0. The lowest BCUT2D eigenvalue weighted by Gasteiger charge is -2.50. The van der Waals surface area contributed by atoms with Gasteiger partial charge in [0, 0.05) is 16.4 Å². The quantitative estimate of drug-likeness (QED) is 0.883. The third kappa shape index (κ3) is 1.56. The molecule has 1 atom stereocenters. The normalized spacial score (nSPS) is 32.0. The third-order valence-corrected chi connectivity index (χ3v) is 6.63. The van der Waals surface area contributed by atoms with E-state index in [0.29, 0.717) is 0 Å². The molecule has 3 heteroatoms. The van der Waals surface area contributed by atoms with E-state index in [1.807, 2.05) is 6.20 Å². The largest absolute Gasteiger partial charge is 0.388 e. The van der Waals surface area contributed by atoms with Gasteiger partial charge in [-0.05, 0) is 74.5 Å². The van der Waals surface area contributed by atoms with Gasteiger partial charge in [-0.15, -0.1) is 0 Å². The molecule has 0 aliphatic heterocycles. The Labute approximate surface area is 124 Å². The zero-order valence-corrected chi connectivity index (χ0v) is 12.4. The van der Waals surface area contributed by atoms with Gasteiger partial charge >= 0.3 is 0 Å². The van der Waals surface area contributed by atoms with Crippen molar-refractivity contribution in [3.63, 3.8) is 0 Å². The van der Waals surface area contributed by atoms with Crippen molar-refractivity contribution >= 4 is 10.9 Å². The first-order chi connectivity index (χ1) is 10.3. The number of hydrogen-bond donors (Lipinski definition) is 2. The van der Waals surface area contributed by atoms with Crippen molar-refractivity contribution in [3.05, 3.63) is 29.0 Å². The minimum atomic E-state index is -0.308. The van der Waals surface area contributed by atoms with Crippen LogP contribution in [0, 0.1) is 11.3 Å². The summed E-state index contributed by atoms with van der Waals surface area (Å²) >= 11 is 0. The summed E-state index contributed by atoms with van der Waals surface area (Å²) in [5, 5.41) is 19.9. The van der Waals surface area contributed by atoms with Gasteiger partial charge in [-0.3, -0.25) is 5.10 Å². The second-order valence-corrected chi connectivity index (χ2v) is 7.51. The van der Waals surface area contributed by atoms with Crippen molar-refractivity contribution in [2.45, 2.75) is 57.5 Å². The fourth-order valence-corrected chi connectivity index (χ4v) is 5.12. The molecule has 2 N–H and O–H groups in total. The molecule has 3 saturated carbocycles. The smallest absolute Gasteiger partial charge is 0.0869 e. The van der Waals surface area contributed by atoms with Gasteiger partial charge in [0.15, 0.2) is 0 Å². The molecule has 1 heterocycles. The van der Waals surface area contributed by atoms with E-state index in [1.165, 1.54) is 60.6 Å². The van der Waals surface area contributed by atoms with Crippen LogP contribution in [0.5, 0.6) is 0 Å². The number of aromatic amines is 1. The number of nitrogens with zero attached hydrogens (tertiary/aromatic N) is 1. The van der Waals surface area contributed by atoms with E-state index in [0.717, 1.165) is 24.3 Å². The van der Waals surface area contributed by atoms with Crippen molar-refractivity contribution in [1.29, 1.82) is 0 Å². The lowest BCUT2D eigenvalue weighted by Crippen LogP contribution is -2.39. The molecule has 0 radical (unpaired) electrons. The first-order valence-corrected chi connectivity index (χ1v) is 8.43. The molecule has 21 heavy (non-hydrogen) atoms. The Morgan fingerprint density at radius 2 is 1.95 bits per heavy atom. The van der Waals surface area contributed by atoms with E-state index in [4.69, 9.17) is 0 Å². The summed E-state index contributed by atoms with van der Waals surface area (Å²) in [5.74, 6) is 0.935. The summed E-state index contributed by atoms with van der Waals surface area (Å²) in [6, 6.07) is 2.25. The summed E-state index contributed by atoms with van der Waals surface area (Å²) < 4.78 is 0. The second kappa shape index (κ2) is 4.10. The highest BCUT2D eigenvalue weighted by atomic mass is 16.3. The molecule has 2 bridgehead atoms. The third-order valence-electron chi connectivity index (χ3n) is 6.63. The topological polar surface area (TPSA) is 48.9 Å². The summed E-state index contributed by atoms with van der Waals surface area (Å²) in [6.07, 6.45) is 11.4. The Morgan fingerprint density at radius 1 is 1.19 bits per heavy atom.